The van der Waals surface area contributed by atoms with Crippen molar-refractivity contribution < 1.29 is 27.2 Å². The molecule has 1 N–H and O–H groups in total. The van der Waals surface area contributed by atoms with Crippen molar-refractivity contribution in [2.45, 2.75) is 37.7 Å². The average molecular weight is 396 g/mol. The summed E-state index contributed by atoms with van der Waals surface area (Å²) < 4.78 is 46.0. The summed E-state index contributed by atoms with van der Waals surface area (Å²) in [6.45, 7) is 0.685. The largest absolute Gasteiger partial charge is 0.573 e. The number of rotatable bonds is 5. The first-order chi connectivity index (χ1) is 13.3. The topological polar surface area (TPSA) is 80.5 Å². The molecule has 7 nitrogen and oxygen atoms in total. The minimum atomic E-state index is -4.74. The van der Waals surface area contributed by atoms with Crippen molar-refractivity contribution in [2.75, 3.05) is 13.6 Å². The van der Waals surface area contributed by atoms with Crippen molar-refractivity contribution in [2.24, 2.45) is 5.92 Å². The molecular weight excluding hydrogens is 377 g/mol. The van der Waals surface area contributed by atoms with Gasteiger partial charge in [-0.05, 0) is 50.6 Å². The molecule has 4 rings (SSSR count). The first-order valence-electron chi connectivity index (χ1n) is 8.99. The van der Waals surface area contributed by atoms with Gasteiger partial charge in [-0.15, -0.1) is 13.2 Å². The Kier molecular flexibility index (Phi) is 4.74. The van der Waals surface area contributed by atoms with Gasteiger partial charge in [-0.1, -0.05) is 5.16 Å². The van der Waals surface area contributed by atoms with Gasteiger partial charge in [-0.2, -0.15) is 4.98 Å². The number of carbonyl (C=O) groups is 1. The smallest absolute Gasteiger partial charge is 0.406 e. The molecule has 2 aliphatic rings. The quantitative estimate of drug-likeness (QED) is 0.837. The number of hydrogen-bond donors (Lipinski definition) is 1. The van der Waals surface area contributed by atoms with Crippen LogP contribution < -0.4 is 10.1 Å². The van der Waals surface area contributed by atoms with Gasteiger partial charge >= 0.3 is 6.36 Å². The zero-order valence-electron chi connectivity index (χ0n) is 15.1. The SMILES string of the molecule is CN1CC(NC(=O)C2CC2)CC1c1nc(-c2ccc(OC(F)(F)F)cc2)no1. The van der Waals surface area contributed by atoms with E-state index < -0.39 is 6.36 Å². The molecule has 2 unspecified atom stereocenters. The van der Waals surface area contributed by atoms with E-state index in [-0.39, 0.29) is 35.5 Å². The maximum absolute atomic E-state index is 12.2. The van der Waals surface area contributed by atoms with E-state index in [2.05, 4.69) is 20.2 Å². The Morgan fingerprint density at radius 2 is 2.00 bits per heavy atom. The predicted octanol–water partition coefficient (Wildman–Crippen LogP) is 2.91. The number of halogens is 3. The first kappa shape index (κ1) is 18.7. The molecule has 1 saturated heterocycles. The summed E-state index contributed by atoms with van der Waals surface area (Å²) in [6, 6.07) is 5.17. The number of likely N-dealkylation sites (tertiary alicyclic amines) is 1. The third kappa shape index (κ3) is 4.27. The molecule has 1 amide bonds. The Bertz CT molecular complexity index is 849. The number of nitrogens with zero attached hydrogens (tertiary/aromatic N) is 3. The van der Waals surface area contributed by atoms with E-state index >= 15 is 0 Å². The lowest BCUT2D eigenvalue weighted by Crippen LogP contribution is -2.37. The van der Waals surface area contributed by atoms with Gasteiger partial charge in [0.2, 0.25) is 17.6 Å². The molecule has 1 aliphatic carbocycles. The number of alkyl halides is 3. The van der Waals surface area contributed by atoms with Crippen molar-refractivity contribution in [3.8, 4) is 17.1 Å². The zero-order valence-corrected chi connectivity index (χ0v) is 15.1. The van der Waals surface area contributed by atoms with Gasteiger partial charge in [0.05, 0.1) is 6.04 Å². The van der Waals surface area contributed by atoms with Gasteiger partial charge in [0.15, 0.2) is 0 Å². The van der Waals surface area contributed by atoms with Crippen molar-refractivity contribution >= 4 is 5.91 Å². The highest BCUT2D eigenvalue weighted by Gasteiger charge is 2.38. The van der Waals surface area contributed by atoms with Gasteiger partial charge in [-0.3, -0.25) is 9.69 Å². The second-order valence-electron chi connectivity index (χ2n) is 7.20. The van der Waals surface area contributed by atoms with Crippen LogP contribution in [0.3, 0.4) is 0 Å². The fourth-order valence-electron chi connectivity index (χ4n) is 3.35. The van der Waals surface area contributed by atoms with Crippen LogP contribution in [-0.2, 0) is 4.79 Å². The van der Waals surface area contributed by atoms with Crippen LogP contribution in [-0.4, -0.2) is 46.9 Å². The van der Waals surface area contributed by atoms with Crippen molar-refractivity contribution in [1.82, 2.24) is 20.4 Å². The highest BCUT2D eigenvalue weighted by atomic mass is 19.4. The Morgan fingerprint density at radius 1 is 1.29 bits per heavy atom. The van der Waals surface area contributed by atoms with E-state index in [9.17, 15) is 18.0 Å². The second kappa shape index (κ2) is 7.08. The standard InChI is InChI=1S/C18H19F3N4O3/c1-25-9-12(22-16(26)11-2-3-11)8-14(25)17-23-15(24-28-17)10-4-6-13(7-5-10)27-18(19,20)21/h4-7,11-12,14H,2-3,8-9H2,1H3,(H,22,26). The minimum Gasteiger partial charge on any atom is -0.406 e. The monoisotopic (exact) mass is 396 g/mol. The molecule has 1 aromatic carbocycles. The van der Waals surface area contributed by atoms with Crippen LogP contribution in [0.15, 0.2) is 28.8 Å². The van der Waals surface area contributed by atoms with Crippen LogP contribution in [0.2, 0.25) is 0 Å². The second-order valence-corrected chi connectivity index (χ2v) is 7.20. The molecule has 0 bridgehead atoms. The highest BCUT2D eigenvalue weighted by molar-refractivity contribution is 5.81. The number of carbonyl (C=O) groups excluding carboxylic acids is 1. The van der Waals surface area contributed by atoms with E-state index in [4.69, 9.17) is 4.52 Å². The fraction of sp³-hybridized carbons (Fsp3) is 0.500. The number of likely N-dealkylation sites (N-methyl/N-ethyl adjacent to an activating group) is 1. The fourth-order valence-corrected chi connectivity index (χ4v) is 3.35. The molecule has 2 aromatic rings. The van der Waals surface area contributed by atoms with Gasteiger partial charge in [-0.25, -0.2) is 0 Å². The van der Waals surface area contributed by atoms with Crippen LogP contribution in [0.25, 0.3) is 11.4 Å². The molecule has 2 atom stereocenters. The predicted molar refractivity (Wildman–Crippen MR) is 91.1 cm³/mol. The lowest BCUT2D eigenvalue weighted by molar-refractivity contribution is -0.274. The van der Waals surface area contributed by atoms with Crippen LogP contribution >= 0.6 is 0 Å². The maximum Gasteiger partial charge on any atom is 0.573 e. The summed E-state index contributed by atoms with van der Waals surface area (Å²) in [5, 5.41) is 6.99. The number of nitrogens with one attached hydrogen (secondary N) is 1. The van der Waals surface area contributed by atoms with Crippen molar-refractivity contribution in [1.29, 1.82) is 0 Å². The van der Waals surface area contributed by atoms with Crippen molar-refractivity contribution in [3.63, 3.8) is 0 Å². The first-order valence-corrected chi connectivity index (χ1v) is 8.99. The highest BCUT2D eigenvalue weighted by Crippen LogP contribution is 2.33. The molecule has 150 valence electrons. The third-order valence-corrected chi connectivity index (χ3v) is 4.92. The molecule has 2 heterocycles. The number of benzene rings is 1. The van der Waals surface area contributed by atoms with Crippen LogP contribution in [0.4, 0.5) is 13.2 Å². The van der Waals surface area contributed by atoms with E-state index in [0.29, 0.717) is 24.4 Å². The summed E-state index contributed by atoms with van der Waals surface area (Å²) in [7, 11) is 1.92. The summed E-state index contributed by atoms with van der Waals surface area (Å²) in [5.41, 5.74) is 0.517. The minimum absolute atomic E-state index is 0.0252. The Hall–Kier alpha value is -2.62. The summed E-state index contributed by atoms with van der Waals surface area (Å²) in [4.78, 5) is 18.4. The van der Waals surface area contributed by atoms with E-state index in [1.807, 2.05) is 11.9 Å². The van der Waals surface area contributed by atoms with E-state index in [1.54, 1.807) is 0 Å². The molecule has 0 radical (unpaired) electrons. The Balaban J connectivity index is 1.41. The third-order valence-electron chi connectivity index (χ3n) is 4.92. The van der Waals surface area contributed by atoms with Gasteiger partial charge in [0.25, 0.3) is 0 Å². The Morgan fingerprint density at radius 3 is 2.64 bits per heavy atom. The molecule has 28 heavy (non-hydrogen) atoms. The van der Waals surface area contributed by atoms with E-state index in [0.717, 1.165) is 12.8 Å². The molecule has 1 saturated carbocycles. The number of amides is 1. The average Bonchev–Trinajstić information content (AvgIpc) is 3.26. The number of ether oxygens (including phenoxy) is 1. The molecule has 10 heteroatoms. The summed E-state index contributed by atoms with van der Waals surface area (Å²) in [6.07, 6.45) is -2.16. The lowest BCUT2D eigenvalue weighted by Gasteiger charge is -2.14. The number of aromatic nitrogens is 2. The summed E-state index contributed by atoms with van der Waals surface area (Å²) in [5.74, 6) is 0.642. The normalized spacial score (nSPS) is 23.0. The molecule has 1 aliphatic heterocycles. The van der Waals surface area contributed by atoms with Crippen LogP contribution in [0, 0.1) is 5.92 Å². The van der Waals surface area contributed by atoms with Gasteiger partial charge in [0, 0.05) is 24.1 Å². The van der Waals surface area contributed by atoms with E-state index in [1.165, 1.54) is 24.3 Å². The zero-order chi connectivity index (χ0) is 19.9. The molecule has 2 fully saturated rings. The summed E-state index contributed by atoms with van der Waals surface area (Å²) >= 11 is 0. The van der Waals surface area contributed by atoms with Gasteiger partial charge < -0.3 is 14.6 Å². The molecule has 0 spiro atoms. The van der Waals surface area contributed by atoms with Crippen molar-refractivity contribution in [3.05, 3.63) is 30.2 Å². The van der Waals surface area contributed by atoms with Gasteiger partial charge in [0.1, 0.15) is 5.75 Å². The van der Waals surface area contributed by atoms with Crippen LogP contribution in [0.5, 0.6) is 5.75 Å². The van der Waals surface area contributed by atoms with Crippen LogP contribution in [0.1, 0.15) is 31.2 Å². The lowest BCUT2D eigenvalue weighted by atomic mass is 10.1. The molecular formula is C18H19F3N4O3. The number of hydrogen-bond acceptors (Lipinski definition) is 6. The Labute approximate surface area is 158 Å². The maximum atomic E-state index is 12.2. The molecule has 1 aromatic heterocycles.